The molecule has 14 heteroatoms. The molecule has 11 N–H and O–H groups in total. The van der Waals surface area contributed by atoms with Gasteiger partial charge in [-0.05, 0) is 25.8 Å². The Morgan fingerprint density at radius 1 is 0.969 bits per heavy atom. The maximum atomic E-state index is 12.9. The molecule has 0 bridgehead atoms. The van der Waals surface area contributed by atoms with Gasteiger partial charge in [0.1, 0.15) is 24.2 Å². The van der Waals surface area contributed by atoms with E-state index in [4.69, 9.17) is 26.8 Å². The molecular formula is C18H31N7O7. The molecule has 0 spiro atoms. The molecule has 0 aliphatic carbocycles. The van der Waals surface area contributed by atoms with Gasteiger partial charge in [0.15, 0.2) is 0 Å². The molecule has 3 amide bonds. The second kappa shape index (κ2) is 14.1. The van der Waals surface area contributed by atoms with Crippen LogP contribution in [0.15, 0.2) is 12.5 Å². The average Bonchev–Trinajstić information content (AvgIpc) is 3.28. The van der Waals surface area contributed by atoms with Crippen LogP contribution in [0.2, 0.25) is 0 Å². The monoisotopic (exact) mass is 457 g/mol. The first-order valence-electron chi connectivity index (χ1n) is 10.0. The van der Waals surface area contributed by atoms with Crippen LogP contribution in [0, 0.1) is 0 Å². The van der Waals surface area contributed by atoms with Gasteiger partial charge in [-0.25, -0.2) is 9.78 Å². The topological polar surface area (TPSA) is 246 Å². The molecule has 0 radical (unpaired) electrons. The predicted octanol–water partition coefficient (Wildman–Crippen LogP) is -4.07. The van der Waals surface area contributed by atoms with E-state index in [9.17, 15) is 19.2 Å². The average molecular weight is 457 g/mol. The number of carbonyl (C=O) groups is 4. The van der Waals surface area contributed by atoms with Gasteiger partial charge in [0.2, 0.25) is 17.7 Å². The number of unbranched alkanes of at least 4 members (excludes halogenated alkanes) is 1. The normalized spacial score (nSPS) is 14.6. The second-order valence-electron chi connectivity index (χ2n) is 7.06. The molecule has 0 saturated heterocycles. The highest BCUT2D eigenvalue weighted by atomic mass is 16.4. The first-order chi connectivity index (χ1) is 15.2. The molecule has 0 aliphatic rings. The number of hydrogen-bond donors (Lipinski definition) is 9. The van der Waals surface area contributed by atoms with Gasteiger partial charge in [-0.15, -0.1) is 0 Å². The van der Waals surface area contributed by atoms with E-state index in [0.29, 0.717) is 25.1 Å². The van der Waals surface area contributed by atoms with Crippen LogP contribution in [0.1, 0.15) is 25.0 Å². The SMILES string of the molecule is NCCCCC(NC(=O)C(N)CO)C(=O)NC(Cc1cnc[nH]1)C(=O)NC(CO)C(=O)O. The van der Waals surface area contributed by atoms with Crippen molar-refractivity contribution in [3.63, 3.8) is 0 Å². The zero-order valence-electron chi connectivity index (χ0n) is 17.5. The lowest BCUT2D eigenvalue weighted by Crippen LogP contribution is -2.58. The van der Waals surface area contributed by atoms with Crippen LogP contribution >= 0.6 is 0 Å². The third-order valence-corrected chi connectivity index (χ3v) is 4.52. The van der Waals surface area contributed by atoms with E-state index in [1.54, 1.807) is 0 Å². The molecule has 32 heavy (non-hydrogen) atoms. The van der Waals surface area contributed by atoms with Crippen molar-refractivity contribution >= 4 is 23.7 Å². The summed E-state index contributed by atoms with van der Waals surface area (Å²) in [5.74, 6) is -3.76. The number of aliphatic carboxylic acids is 1. The van der Waals surface area contributed by atoms with Crippen molar-refractivity contribution in [3.8, 4) is 0 Å². The predicted molar refractivity (Wildman–Crippen MR) is 111 cm³/mol. The van der Waals surface area contributed by atoms with E-state index in [0.717, 1.165) is 0 Å². The van der Waals surface area contributed by atoms with Gasteiger partial charge >= 0.3 is 5.97 Å². The standard InChI is InChI=1S/C18H31N7O7/c19-4-2-1-3-12(23-15(28)11(20)7-26)16(29)24-13(5-10-6-21-9-22-10)17(30)25-14(8-27)18(31)32/h6,9,11-14,26-27H,1-5,7-8,19-20H2,(H,21,22)(H,23,28)(H,24,29)(H,25,30)(H,31,32). The summed E-state index contributed by atoms with van der Waals surface area (Å²) in [6, 6.07) is -5.11. The molecule has 1 heterocycles. The van der Waals surface area contributed by atoms with E-state index in [1.807, 2.05) is 0 Å². The lowest BCUT2D eigenvalue weighted by atomic mass is 10.1. The van der Waals surface area contributed by atoms with Crippen LogP contribution in [0.5, 0.6) is 0 Å². The van der Waals surface area contributed by atoms with Gasteiger partial charge in [-0.1, -0.05) is 0 Å². The Morgan fingerprint density at radius 3 is 2.12 bits per heavy atom. The van der Waals surface area contributed by atoms with Crippen molar-refractivity contribution in [3.05, 3.63) is 18.2 Å². The van der Waals surface area contributed by atoms with E-state index >= 15 is 0 Å². The fourth-order valence-corrected chi connectivity index (χ4v) is 2.68. The lowest BCUT2D eigenvalue weighted by Gasteiger charge is -2.24. The van der Waals surface area contributed by atoms with Crippen molar-refractivity contribution < 1.29 is 34.5 Å². The van der Waals surface area contributed by atoms with Crippen LogP contribution in [0.3, 0.4) is 0 Å². The summed E-state index contributed by atoms with van der Waals surface area (Å²) in [6.07, 6.45) is 4.00. The molecule has 4 unspecified atom stereocenters. The van der Waals surface area contributed by atoms with Crippen molar-refractivity contribution in [2.75, 3.05) is 19.8 Å². The first kappa shape index (κ1) is 27.0. The molecule has 0 aliphatic heterocycles. The van der Waals surface area contributed by atoms with Gasteiger partial charge in [-0.3, -0.25) is 14.4 Å². The summed E-state index contributed by atoms with van der Waals surface area (Å²) < 4.78 is 0. The van der Waals surface area contributed by atoms with Crippen molar-refractivity contribution in [2.24, 2.45) is 11.5 Å². The largest absolute Gasteiger partial charge is 0.480 e. The molecule has 1 rings (SSSR count). The van der Waals surface area contributed by atoms with E-state index in [2.05, 4.69) is 25.9 Å². The molecule has 0 fully saturated rings. The number of H-pyrrole nitrogens is 1. The molecule has 180 valence electrons. The lowest BCUT2D eigenvalue weighted by molar-refractivity contribution is -0.143. The summed E-state index contributed by atoms with van der Waals surface area (Å²) in [5.41, 5.74) is 11.4. The number of aromatic amines is 1. The van der Waals surface area contributed by atoms with Crippen LogP contribution < -0.4 is 27.4 Å². The van der Waals surface area contributed by atoms with Crippen LogP contribution in [0.4, 0.5) is 0 Å². The van der Waals surface area contributed by atoms with Crippen LogP contribution in [-0.2, 0) is 25.6 Å². The third-order valence-electron chi connectivity index (χ3n) is 4.52. The molecule has 4 atom stereocenters. The highest BCUT2D eigenvalue weighted by Gasteiger charge is 2.30. The van der Waals surface area contributed by atoms with E-state index in [1.165, 1.54) is 12.5 Å². The Bertz CT molecular complexity index is 744. The van der Waals surface area contributed by atoms with Gasteiger partial charge in [0, 0.05) is 18.3 Å². The minimum absolute atomic E-state index is 0.0606. The number of amides is 3. The van der Waals surface area contributed by atoms with Crippen molar-refractivity contribution in [1.29, 1.82) is 0 Å². The van der Waals surface area contributed by atoms with Crippen molar-refractivity contribution in [1.82, 2.24) is 25.9 Å². The van der Waals surface area contributed by atoms with Crippen molar-refractivity contribution in [2.45, 2.75) is 49.9 Å². The summed E-state index contributed by atoms with van der Waals surface area (Å²) in [6.45, 7) is -1.09. The molecule has 0 aromatic carbocycles. The van der Waals surface area contributed by atoms with E-state index < -0.39 is 61.1 Å². The number of nitrogens with one attached hydrogen (secondary N) is 4. The van der Waals surface area contributed by atoms with E-state index in [-0.39, 0.29) is 12.8 Å². The number of nitrogens with two attached hydrogens (primary N) is 2. The van der Waals surface area contributed by atoms with Crippen LogP contribution in [-0.4, -0.2) is 92.9 Å². The Hall–Kier alpha value is -3.07. The zero-order valence-corrected chi connectivity index (χ0v) is 17.5. The quantitative estimate of drug-likeness (QED) is 0.115. The number of imidazole rings is 1. The maximum absolute atomic E-state index is 12.9. The molecule has 0 saturated carbocycles. The molecule has 14 nitrogen and oxygen atoms in total. The number of aliphatic hydroxyl groups excluding tert-OH is 2. The number of carboxylic acids is 1. The fourth-order valence-electron chi connectivity index (χ4n) is 2.68. The van der Waals surface area contributed by atoms with Gasteiger partial charge in [0.25, 0.3) is 0 Å². The second-order valence-corrected chi connectivity index (χ2v) is 7.06. The number of rotatable bonds is 15. The molecular weight excluding hydrogens is 426 g/mol. The smallest absolute Gasteiger partial charge is 0.328 e. The number of aromatic nitrogens is 2. The van der Waals surface area contributed by atoms with Crippen LogP contribution in [0.25, 0.3) is 0 Å². The third kappa shape index (κ3) is 8.97. The zero-order chi connectivity index (χ0) is 24.1. The summed E-state index contributed by atoms with van der Waals surface area (Å²) in [7, 11) is 0. The molecule has 1 aromatic rings. The number of carbonyl (C=O) groups excluding carboxylic acids is 3. The number of aliphatic hydroxyl groups is 2. The minimum atomic E-state index is -1.56. The first-order valence-corrected chi connectivity index (χ1v) is 10.0. The maximum Gasteiger partial charge on any atom is 0.328 e. The fraction of sp³-hybridized carbons (Fsp3) is 0.611. The number of nitrogens with zero attached hydrogens (tertiary/aromatic N) is 1. The Morgan fingerprint density at radius 2 is 1.59 bits per heavy atom. The number of carboxylic acid groups (broad SMARTS) is 1. The number of hydrogen-bond acceptors (Lipinski definition) is 9. The van der Waals surface area contributed by atoms with Gasteiger partial charge in [-0.2, -0.15) is 0 Å². The summed E-state index contributed by atoms with van der Waals surface area (Å²) in [5, 5.41) is 34.3. The summed E-state index contributed by atoms with van der Waals surface area (Å²) in [4.78, 5) is 55.3. The summed E-state index contributed by atoms with van der Waals surface area (Å²) >= 11 is 0. The molecule has 1 aromatic heterocycles. The highest BCUT2D eigenvalue weighted by Crippen LogP contribution is 2.05. The van der Waals surface area contributed by atoms with Gasteiger partial charge in [0.05, 0.1) is 19.5 Å². The Kier molecular flexibility index (Phi) is 11.9. The van der Waals surface area contributed by atoms with Gasteiger partial charge < -0.3 is 47.7 Å². The Balaban J connectivity index is 2.99. The minimum Gasteiger partial charge on any atom is -0.480 e. The highest BCUT2D eigenvalue weighted by molar-refractivity contribution is 5.94. The Labute approximate surface area is 184 Å².